The summed E-state index contributed by atoms with van der Waals surface area (Å²) in [5, 5.41) is 22.1. The molecule has 6 saturated carbocycles. The fourth-order valence-corrected chi connectivity index (χ4v) is 15.1. The first kappa shape index (κ1) is 42.4. The van der Waals surface area contributed by atoms with Crippen LogP contribution in [-0.4, -0.2) is 45.3 Å². The van der Waals surface area contributed by atoms with Crippen LogP contribution in [0.25, 0.3) is 0 Å². The van der Waals surface area contributed by atoms with Crippen LogP contribution in [0.2, 0.25) is 0 Å². The van der Waals surface area contributed by atoms with Gasteiger partial charge in [-0.15, -0.1) is 10.2 Å². The van der Waals surface area contributed by atoms with E-state index in [1.165, 1.54) is 5.57 Å². The quantitative estimate of drug-likeness (QED) is 0.177. The van der Waals surface area contributed by atoms with Gasteiger partial charge in [0.2, 0.25) is 17.7 Å². The van der Waals surface area contributed by atoms with Crippen molar-refractivity contribution in [3.63, 3.8) is 0 Å². The molecule has 0 aliphatic heterocycles. The van der Waals surface area contributed by atoms with Crippen molar-refractivity contribution >= 4 is 17.8 Å². The third kappa shape index (κ3) is 6.38. The standard InChI is InChI=1S/C48H75N3O6/c1-27(2)24-36-50-51-39(57-36)31-25-34(43(31,7)8)49-40(53)48-21-16-29(28(3)4)38(48)30-14-15-33-45(11)19-18-35(56-37(52)26-42(5,6)41(54)55)44(9,10)32(45)17-20-47(33,13)46(30,12)22-23-48/h27,29-35,38H,3,14-26H2,1-2,4-13H3,(H,49,53)(H,54,55)/t29-,30+,31+,32-,33+,34+,35-,38+,45-,46+,47+,48-/m0/s1. The monoisotopic (exact) mass is 790 g/mol. The van der Waals surface area contributed by atoms with E-state index < -0.39 is 17.4 Å². The normalized spacial score (nSPS) is 41.8. The zero-order valence-electron chi connectivity index (χ0n) is 37.5. The van der Waals surface area contributed by atoms with E-state index >= 15 is 4.79 Å². The van der Waals surface area contributed by atoms with E-state index in [9.17, 15) is 14.7 Å². The molecule has 0 unspecified atom stereocenters. The minimum Gasteiger partial charge on any atom is -0.481 e. The average molecular weight is 790 g/mol. The molecule has 0 radical (unpaired) electrons. The molecule has 0 saturated heterocycles. The van der Waals surface area contributed by atoms with Crippen molar-refractivity contribution in [1.29, 1.82) is 0 Å². The molecule has 9 nitrogen and oxygen atoms in total. The predicted molar refractivity (Wildman–Crippen MR) is 221 cm³/mol. The van der Waals surface area contributed by atoms with Gasteiger partial charge >= 0.3 is 11.9 Å². The van der Waals surface area contributed by atoms with Crippen molar-refractivity contribution in [2.24, 2.45) is 73.4 Å². The number of carboxylic acid groups (broad SMARTS) is 1. The van der Waals surface area contributed by atoms with Gasteiger partial charge in [-0.3, -0.25) is 14.4 Å². The first-order valence-electron chi connectivity index (χ1n) is 22.6. The summed E-state index contributed by atoms with van der Waals surface area (Å²) in [7, 11) is 0. The van der Waals surface area contributed by atoms with Crippen LogP contribution in [0, 0.1) is 73.4 Å². The highest BCUT2D eigenvalue weighted by molar-refractivity contribution is 5.84. The smallest absolute Gasteiger partial charge is 0.309 e. The molecule has 57 heavy (non-hydrogen) atoms. The zero-order chi connectivity index (χ0) is 41.9. The van der Waals surface area contributed by atoms with Gasteiger partial charge in [0.25, 0.3) is 0 Å². The van der Waals surface area contributed by atoms with Crippen LogP contribution in [0.5, 0.6) is 0 Å². The van der Waals surface area contributed by atoms with Crippen LogP contribution in [0.15, 0.2) is 16.6 Å². The molecule has 0 aromatic carbocycles. The number of carbonyl (C=O) groups is 3. The largest absolute Gasteiger partial charge is 0.481 e. The van der Waals surface area contributed by atoms with Gasteiger partial charge in [0.15, 0.2) is 0 Å². The first-order valence-corrected chi connectivity index (χ1v) is 22.6. The fraction of sp³-hybridized carbons (Fsp3) is 0.854. The van der Waals surface area contributed by atoms with Crippen molar-refractivity contribution in [1.82, 2.24) is 15.5 Å². The third-order valence-corrected chi connectivity index (χ3v) is 18.8. The molecule has 1 aromatic heterocycles. The Labute approximate surface area is 343 Å². The molecule has 9 heteroatoms. The van der Waals surface area contributed by atoms with Crippen LogP contribution in [0.4, 0.5) is 0 Å². The number of carbonyl (C=O) groups excluding carboxylic acids is 2. The molecule has 0 spiro atoms. The SMILES string of the molecule is C=C(C)[C@@H]1CC[C@]2(C(=O)N[C@@H]3C[C@H](c4nnc(CC(C)C)o4)C3(C)C)CC[C@]3(C)[C@H](CC[C@@H]4[C@@]5(C)CC[C@H](OC(=O)CC(C)(C)C(=O)O)C(C)(C)[C@@H]5CC[C@]43C)[C@@H]12. The number of ether oxygens (including phenoxy) is 1. The van der Waals surface area contributed by atoms with Gasteiger partial charge in [-0.25, -0.2) is 0 Å². The number of allylic oxidation sites excluding steroid dienone is 1. The molecule has 0 bridgehead atoms. The van der Waals surface area contributed by atoms with Crippen molar-refractivity contribution in [2.45, 2.75) is 185 Å². The maximum atomic E-state index is 15.0. The highest BCUT2D eigenvalue weighted by atomic mass is 16.5. The molecule has 7 rings (SSSR count). The average Bonchev–Trinajstić information content (AvgIpc) is 3.72. The minimum absolute atomic E-state index is 0.0626. The summed E-state index contributed by atoms with van der Waals surface area (Å²) in [6.45, 7) is 31.2. The topological polar surface area (TPSA) is 132 Å². The first-order chi connectivity index (χ1) is 26.3. The zero-order valence-corrected chi connectivity index (χ0v) is 37.5. The highest BCUT2D eigenvalue weighted by Gasteiger charge is 2.72. The van der Waals surface area contributed by atoms with Crippen LogP contribution >= 0.6 is 0 Å². The molecule has 6 aliphatic carbocycles. The lowest BCUT2D eigenvalue weighted by Gasteiger charge is -2.73. The molecule has 1 amide bonds. The number of carboxylic acids is 1. The fourth-order valence-electron chi connectivity index (χ4n) is 15.1. The Morgan fingerprint density at radius 1 is 0.895 bits per heavy atom. The van der Waals surface area contributed by atoms with Gasteiger partial charge in [-0.1, -0.05) is 74.5 Å². The summed E-state index contributed by atoms with van der Waals surface area (Å²) in [4.78, 5) is 40.0. The van der Waals surface area contributed by atoms with Gasteiger partial charge in [-0.05, 0) is 149 Å². The van der Waals surface area contributed by atoms with Crippen molar-refractivity contribution in [2.75, 3.05) is 0 Å². The van der Waals surface area contributed by atoms with E-state index in [1.807, 2.05) is 0 Å². The highest BCUT2D eigenvalue weighted by Crippen LogP contribution is 2.77. The Balaban J connectivity index is 1.10. The number of nitrogens with zero attached hydrogens (tertiary/aromatic N) is 2. The van der Waals surface area contributed by atoms with E-state index in [1.54, 1.807) is 13.8 Å². The number of esters is 1. The summed E-state index contributed by atoms with van der Waals surface area (Å²) in [5.74, 6) is 2.90. The van der Waals surface area contributed by atoms with Gasteiger partial charge in [-0.2, -0.15) is 0 Å². The molecule has 12 atom stereocenters. The molecule has 1 aromatic rings. The van der Waals surface area contributed by atoms with Crippen molar-refractivity contribution in [3.8, 4) is 0 Å². The molecule has 1 heterocycles. The van der Waals surface area contributed by atoms with E-state index in [0.29, 0.717) is 41.4 Å². The Bertz CT molecular complexity index is 1780. The van der Waals surface area contributed by atoms with Crippen molar-refractivity contribution < 1.29 is 28.6 Å². The van der Waals surface area contributed by atoms with E-state index in [4.69, 9.17) is 9.15 Å². The third-order valence-electron chi connectivity index (χ3n) is 18.8. The molecular formula is C48H75N3O6. The Morgan fingerprint density at radius 3 is 2.23 bits per heavy atom. The maximum absolute atomic E-state index is 15.0. The number of hydrogen-bond donors (Lipinski definition) is 2. The van der Waals surface area contributed by atoms with Crippen molar-refractivity contribution in [3.05, 3.63) is 23.9 Å². The summed E-state index contributed by atoms with van der Waals surface area (Å²) < 4.78 is 12.4. The predicted octanol–water partition coefficient (Wildman–Crippen LogP) is 10.3. The van der Waals surface area contributed by atoms with Crippen LogP contribution in [0.1, 0.15) is 178 Å². The van der Waals surface area contributed by atoms with Gasteiger partial charge in [0.05, 0.1) is 17.3 Å². The van der Waals surface area contributed by atoms with Gasteiger partial charge < -0.3 is 19.6 Å². The second kappa shape index (κ2) is 13.9. The summed E-state index contributed by atoms with van der Waals surface area (Å²) in [6, 6.07) is 0.0626. The molecule has 6 fully saturated rings. The lowest BCUT2D eigenvalue weighted by molar-refractivity contribution is -0.249. The van der Waals surface area contributed by atoms with Gasteiger partial charge in [0, 0.05) is 23.8 Å². The lowest BCUT2D eigenvalue weighted by Crippen LogP contribution is -2.68. The second-order valence-electron chi connectivity index (χ2n) is 23.3. The molecule has 318 valence electrons. The number of rotatable bonds is 10. The summed E-state index contributed by atoms with van der Waals surface area (Å²) >= 11 is 0. The number of aliphatic carboxylic acids is 1. The second-order valence-corrected chi connectivity index (χ2v) is 23.3. The number of aromatic nitrogens is 2. The Hall–Kier alpha value is -2.71. The van der Waals surface area contributed by atoms with Crippen LogP contribution < -0.4 is 5.32 Å². The molecule has 6 aliphatic rings. The Kier molecular flexibility index (Phi) is 10.4. The Morgan fingerprint density at radius 2 is 1.60 bits per heavy atom. The number of hydrogen-bond acceptors (Lipinski definition) is 7. The number of amides is 1. The summed E-state index contributed by atoms with van der Waals surface area (Å²) in [6.07, 6.45) is 11.6. The molecular weight excluding hydrogens is 715 g/mol. The minimum atomic E-state index is -1.16. The van der Waals surface area contributed by atoms with E-state index in [-0.39, 0.29) is 68.8 Å². The van der Waals surface area contributed by atoms with Crippen LogP contribution in [-0.2, 0) is 25.5 Å². The lowest BCUT2D eigenvalue weighted by atomic mass is 9.32. The number of nitrogens with one attached hydrogen (secondary N) is 1. The molecule has 2 N–H and O–H groups in total. The maximum Gasteiger partial charge on any atom is 0.309 e. The van der Waals surface area contributed by atoms with Crippen LogP contribution in [0.3, 0.4) is 0 Å². The van der Waals surface area contributed by atoms with E-state index in [0.717, 1.165) is 77.0 Å². The number of fused-ring (bicyclic) bond motifs is 7. The van der Waals surface area contributed by atoms with E-state index in [2.05, 4.69) is 91.3 Å². The summed E-state index contributed by atoms with van der Waals surface area (Å²) in [5.41, 5.74) is -0.385. The van der Waals surface area contributed by atoms with Gasteiger partial charge in [0.1, 0.15) is 6.10 Å².